The molecule has 20 heavy (non-hydrogen) atoms. The van der Waals surface area contributed by atoms with Gasteiger partial charge in [-0.25, -0.2) is 4.98 Å². The van der Waals surface area contributed by atoms with Gasteiger partial charge in [-0.1, -0.05) is 23.2 Å². The molecule has 0 spiro atoms. The van der Waals surface area contributed by atoms with Gasteiger partial charge < -0.3 is 5.11 Å². The number of alkyl halides is 3. The largest absolute Gasteiger partial charge is 0.433 e. The molecule has 0 amide bonds. The van der Waals surface area contributed by atoms with E-state index in [0.29, 0.717) is 5.02 Å². The highest BCUT2D eigenvalue weighted by atomic mass is 35.5. The first kappa shape index (κ1) is 15.1. The van der Waals surface area contributed by atoms with Crippen LogP contribution in [0.4, 0.5) is 13.2 Å². The van der Waals surface area contributed by atoms with Gasteiger partial charge >= 0.3 is 6.18 Å². The molecule has 106 valence electrons. The Labute approximate surface area is 122 Å². The van der Waals surface area contributed by atoms with Crippen molar-refractivity contribution in [1.82, 2.24) is 4.98 Å². The molecule has 0 bridgehead atoms. The highest BCUT2D eigenvalue weighted by molar-refractivity contribution is 6.35. The van der Waals surface area contributed by atoms with Crippen LogP contribution in [-0.4, -0.2) is 10.1 Å². The molecule has 0 aliphatic heterocycles. The third-order valence-electron chi connectivity index (χ3n) is 2.56. The fourth-order valence-electron chi connectivity index (χ4n) is 1.66. The summed E-state index contributed by atoms with van der Waals surface area (Å²) in [5.41, 5.74) is -0.704. The maximum atomic E-state index is 12.8. The summed E-state index contributed by atoms with van der Waals surface area (Å²) in [4.78, 5) is 3.55. The third-order valence-corrected chi connectivity index (χ3v) is 3.13. The van der Waals surface area contributed by atoms with E-state index in [1.54, 1.807) is 0 Å². The SMILES string of the molecule is OCc1cc(-c2cc(Cl)ccc2Cl)nc(C(F)(F)F)c1. The van der Waals surface area contributed by atoms with E-state index < -0.39 is 18.5 Å². The Hall–Kier alpha value is -1.30. The Morgan fingerprint density at radius 2 is 1.80 bits per heavy atom. The average molecular weight is 322 g/mol. The van der Waals surface area contributed by atoms with Gasteiger partial charge in [0.25, 0.3) is 0 Å². The number of pyridine rings is 1. The van der Waals surface area contributed by atoms with Gasteiger partial charge in [0, 0.05) is 10.6 Å². The number of aliphatic hydroxyl groups is 1. The number of hydrogen-bond donors (Lipinski definition) is 1. The van der Waals surface area contributed by atoms with E-state index in [0.717, 1.165) is 6.07 Å². The molecule has 2 rings (SSSR count). The van der Waals surface area contributed by atoms with Gasteiger partial charge in [0.15, 0.2) is 0 Å². The van der Waals surface area contributed by atoms with Crippen LogP contribution in [0.1, 0.15) is 11.3 Å². The lowest BCUT2D eigenvalue weighted by molar-refractivity contribution is -0.141. The molecule has 0 fully saturated rings. The molecule has 0 saturated carbocycles. The molecule has 0 radical (unpaired) electrons. The van der Waals surface area contributed by atoms with Crippen molar-refractivity contribution < 1.29 is 18.3 Å². The second-order valence-electron chi connectivity index (χ2n) is 4.03. The first-order valence-corrected chi connectivity index (χ1v) is 6.21. The lowest BCUT2D eigenvalue weighted by Gasteiger charge is -2.11. The van der Waals surface area contributed by atoms with E-state index in [4.69, 9.17) is 28.3 Å². The number of nitrogens with zero attached hydrogens (tertiary/aromatic N) is 1. The lowest BCUT2D eigenvalue weighted by Crippen LogP contribution is -2.09. The van der Waals surface area contributed by atoms with Crippen molar-refractivity contribution in [2.45, 2.75) is 12.8 Å². The molecular formula is C13H8Cl2F3NO. The molecule has 0 atom stereocenters. The summed E-state index contributed by atoms with van der Waals surface area (Å²) in [6.07, 6.45) is -4.61. The first-order chi connectivity index (χ1) is 9.31. The summed E-state index contributed by atoms with van der Waals surface area (Å²) in [6.45, 7) is -0.531. The number of rotatable bonds is 2. The number of halogens is 5. The Morgan fingerprint density at radius 3 is 2.40 bits per heavy atom. The molecule has 0 aliphatic rings. The van der Waals surface area contributed by atoms with Crippen LogP contribution in [0.25, 0.3) is 11.3 Å². The van der Waals surface area contributed by atoms with Crippen LogP contribution in [0, 0.1) is 0 Å². The highest BCUT2D eigenvalue weighted by Gasteiger charge is 2.33. The summed E-state index contributed by atoms with van der Waals surface area (Å²) in [6, 6.07) is 6.55. The monoisotopic (exact) mass is 321 g/mol. The van der Waals surface area contributed by atoms with Crippen LogP contribution in [-0.2, 0) is 12.8 Å². The van der Waals surface area contributed by atoms with Gasteiger partial charge in [-0.05, 0) is 35.9 Å². The third kappa shape index (κ3) is 3.23. The molecule has 1 aromatic heterocycles. The zero-order valence-electron chi connectivity index (χ0n) is 9.88. The number of aromatic nitrogens is 1. The maximum Gasteiger partial charge on any atom is 0.433 e. The van der Waals surface area contributed by atoms with Gasteiger partial charge in [-0.15, -0.1) is 0 Å². The second kappa shape index (κ2) is 5.60. The van der Waals surface area contributed by atoms with Crippen molar-refractivity contribution in [2.24, 2.45) is 0 Å². The second-order valence-corrected chi connectivity index (χ2v) is 4.87. The van der Waals surface area contributed by atoms with E-state index in [-0.39, 0.29) is 21.8 Å². The zero-order valence-corrected chi connectivity index (χ0v) is 11.4. The molecule has 0 saturated heterocycles. The normalized spacial score (nSPS) is 11.7. The Balaban J connectivity index is 2.64. The topological polar surface area (TPSA) is 33.1 Å². The van der Waals surface area contributed by atoms with E-state index in [1.807, 2.05) is 0 Å². The van der Waals surface area contributed by atoms with Crippen LogP contribution in [0.15, 0.2) is 30.3 Å². The zero-order chi connectivity index (χ0) is 14.9. The van der Waals surface area contributed by atoms with Crippen LogP contribution in [0.5, 0.6) is 0 Å². The van der Waals surface area contributed by atoms with Crippen molar-refractivity contribution in [1.29, 1.82) is 0 Å². The molecule has 0 unspecified atom stereocenters. The summed E-state index contributed by atoms with van der Waals surface area (Å²) in [5.74, 6) is 0. The molecule has 1 aromatic carbocycles. The fourth-order valence-corrected chi connectivity index (χ4v) is 2.04. The summed E-state index contributed by atoms with van der Waals surface area (Å²) < 4.78 is 38.3. The maximum absolute atomic E-state index is 12.8. The average Bonchev–Trinajstić information content (AvgIpc) is 2.40. The van der Waals surface area contributed by atoms with Crippen LogP contribution in [0.3, 0.4) is 0 Å². The number of hydrogen-bond acceptors (Lipinski definition) is 2. The first-order valence-electron chi connectivity index (χ1n) is 5.45. The van der Waals surface area contributed by atoms with Crippen molar-refractivity contribution in [3.63, 3.8) is 0 Å². The molecule has 2 aromatic rings. The fraction of sp³-hybridized carbons (Fsp3) is 0.154. The predicted octanol–water partition coefficient (Wildman–Crippen LogP) is 4.57. The number of aliphatic hydroxyl groups excluding tert-OH is 1. The molecule has 1 heterocycles. The van der Waals surface area contributed by atoms with Gasteiger partial charge in [0.2, 0.25) is 0 Å². The predicted molar refractivity (Wildman–Crippen MR) is 70.6 cm³/mol. The molecule has 7 heteroatoms. The van der Waals surface area contributed by atoms with Crippen molar-refractivity contribution in [3.8, 4) is 11.3 Å². The smallest absolute Gasteiger partial charge is 0.392 e. The Bertz CT molecular complexity index is 644. The van der Waals surface area contributed by atoms with Crippen LogP contribution >= 0.6 is 23.2 Å². The Morgan fingerprint density at radius 1 is 1.10 bits per heavy atom. The standard InChI is InChI=1S/C13H8Cl2F3NO/c14-8-1-2-10(15)9(5-8)11-3-7(6-20)4-12(19-11)13(16,17)18/h1-5,20H,6H2. The molecular weight excluding hydrogens is 314 g/mol. The van der Waals surface area contributed by atoms with Gasteiger partial charge in [-0.3, -0.25) is 0 Å². The minimum Gasteiger partial charge on any atom is -0.392 e. The van der Waals surface area contributed by atoms with E-state index in [1.165, 1.54) is 24.3 Å². The number of benzene rings is 1. The van der Waals surface area contributed by atoms with Gasteiger partial charge in [-0.2, -0.15) is 13.2 Å². The van der Waals surface area contributed by atoms with Crippen LogP contribution < -0.4 is 0 Å². The van der Waals surface area contributed by atoms with Gasteiger partial charge in [0.1, 0.15) is 5.69 Å². The highest BCUT2D eigenvalue weighted by Crippen LogP contribution is 2.34. The minimum atomic E-state index is -4.61. The summed E-state index contributed by atoms with van der Waals surface area (Å²) >= 11 is 11.8. The van der Waals surface area contributed by atoms with Gasteiger partial charge in [0.05, 0.1) is 17.3 Å². The quantitative estimate of drug-likeness (QED) is 0.879. The van der Waals surface area contributed by atoms with Crippen molar-refractivity contribution in [2.75, 3.05) is 0 Å². The summed E-state index contributed by atoms with van der Waals surface area (Å²) in [5, 5.41) is 9.62. The lowest BCUT2D eigenvalue weighted by atomic mass is 10.1. The molecule has 0 aliphatic carbocycles. The van der Waals surface area contributed by atoms with E-state index in [9.17, 15) is 13.2 Å². The summed E-state index contributed by atoms with van der Waals surface area (Å²) in [7, 11) is 0. The van der Waals surface area contributed by atoms with Crippen molar-refractivity contribution >= 4 is 23.2 Å². The van der Waals surface area contributed by atoms with Crippen LogP contribution in [0.2, 0.25) is 10.0 Å². The minimum absolute atomic E-state index is 0.0105. The molecule has 1 N–H and O–H groups in total. The molecule has 2 nitrogen and oxygen atoms in total. The van der Waals surface area contributed by atoms with Crippen molar-refractivity contribution in [3.05, 3.63) is 51.6 Å². The van der Waals surface area contributed by atoms with E-state index in [2.05, 4.69) is 4.98 Å². The Kier molecular flexibility index (Phi) is 4.22. The van der Waals surface area contributed by atoms with E-state index >= 15 is 0 Å².